The van der Waals surface area contributed by atoms with Crippen LogP contribution in [0.2, 0.25) is 0 Å². The Morgan fingerprint density at radius 1 is 1.30 bits per heavy atom. The molecule has 1 aromatic carbocycles. The monoisotopic (exact) mass is 447 g/mol. The second-order valence-corrected chi connectivity index (χ2v) is 8.19. The summed E-state index contributed by atoms with van der Waals surface area (Å²) in [7, 11) is 0. The van der Waals surface area contributed by atoms with E-state index >= 15 is 0 Å². The number of carbonyl (C=O) groups is 4. The molecule has 30 heavy (non-hydrogen) atoms. The number of nitrogens with two attached hydrogens (primary N) is 1. The van der Waals surface area contributed by atoms with Gasteiger partial charge in [0.1, 0.15) is 10.4 Å². The largest absolute Gasteiger partial charge is 0.480 e. The number of nitrogens with one attached hydrogen (secondary N) is 1. The van der Waals surface area contributed by atoms with Crippen molar-refractivity contribution in [2.45, 2.75) is 25.8 Å². The number of thiocarbonyl (C=S) groups is 1. The number of thioether (sulfide) groups is 1. The fourth-order valence-corrected chi connectivity index (χ4v) is 3.99. The van der Waals surface area contributed by atoms with Crippen LogP contribution in [0.3, 0.4) is 0 Å². The summed E-state index contributed by atoms with van der Waals surface area (Å²) in [5.41, 5.74) is 6.86. The van der Waals surface area contributed by atoms with Crippen molar-refractivity contribution in [2.75, 3.05) is 6.54 Å². The van der Waals surface area contributed by atoms with E-state index in [0.29, 0.717) is 9.23 Å². The summed E-state index contributed by atoms with van der Waals surface area (Å²) in [6, 6.07) is 8.24. The number of carbonyl (C=O) groups excluding carboxylic acids is 3. The predicted octanol–water partition coefficient (Wildman–Crippen LogP) is 1.67. The van der Waals surface area contributed by atoms with Gasteiger partial charge in [0.25, 0.3) is 5.91 Å². The van der Waals surface area contributed by atoms with Crippen molar-refractivity contribution in [3.8, 4) is 0 Å². The molecule has 0 radical (unpaired) electrons. The Labute approximate surface area is 183 Å². The molecule has 1 heterocycles. The van der Waals surface area contributed by atoms with Crippen LogP contribution in [0.4, 0.5) is 0 Å². The molecule has 0 aromatic heterocycles. The van der Waals surface area contributed by atoms with Crippen molar-refractivity contribution in [3.05, 3.63) is 52.4 Å². The van der Waals surface area contributed by atoms with Gasteiger partial charge in [-0.25, -0.2) is 4.79 Å². The van der Waals surface area contributed by atoms with Crippen LogP contribution < -0.4 is 11.1 Å². The van der Waals surface area contributed by atoms with Crippen molar-refractivity contribution in [1.29, 1.82) is 0 Å². The van der Waals surface area contributed by atoms with Crippen LogP contribution in [-0.4, -0.2) is 50.6 Å². The molecule has 1 aliphatic rings. The third-order valence-electron chi connectivity index (χ3n) is 4.03. The van der Waals surface area contributed by atoms with E-state index < -0.39 is 30.2 Å². The lowest BCUT2D eigenvalue weighted by Gasteiger charge is -2.16. The van der Waals surface area contributed by atoms with E-state index in [-0.39, 0.29) is 18.9 Å². The average molecular weight is 448 g/mol. The summed E-state index contributed by atoms with van der Waals surface area (Å²) in [4.78, 5) is 48.4. The standard InChI is InChI=1S/C20H21N3O5S2/c1-12(9-13-5-3-2-4-6-13)10-15-18(26)23(20(29)30-15)8-7-17(25)22-14(19(27)28)11-16(21)24/h2-6,9-10,14H,7-8,11H2,1H3,(H2,21,24)(H,22,25)(H,27,28). The predicted molar refractivity (Wildman–Crippen MR) is 118 cm³/mol. The summed E-state index contributed by atoms with van der Waals surface area (Å²) >= 11 is 6.38. The van der Waals surface area contributed by atoms with Gasteiger partial charge in [-0.05, 0) is 24.1 Å². The smallest absolute Gasteiger partial charge is 0.326 e. The lowest BCUT2D eigenvalue weighted by atomic mass is 10.1. The van der Waals surface area contributed by atoms with E-state index in [1.54, 1.807) is 6.08 Å². The highest BCUT2D eigenvalue weighted by Crippen LogP contribution is 2.32. The van der Waals surface area contributed by atoms with E-state index in [2.05, 4.69) is 5.32 Å². The molecule has 10 heteroatoms. The van der Waals surface area contributed by atoms with Gasteiger partial charge in [0, 0.05) is 13.0 Å². The van der Waals surface area contributed by atoms with Gasteiger partial charge in [0.15, 0.2) is 0 Å². The van der Waals surface area contributed by atoms with Crippen molar-refractivity contribution in [2.24, 2.45) is 5.73 Å². The topological polar surface area (TPSA) is 130 Å². The van der Waals surface area contributed by atoms with Crippen LogP contribution in [0.15, 0.2) is 46.9 Å². The quantitative estimate of drug-likeness (QED) is 0.388. The van der Waals surface area contributed by atoms with E-state index in [9.17, 15) is 19.2 Å². The maximum atomic E-state index is 12.6. The third-order valence-corrected chi connectivity index (χ3v) is 5.41. The molecular weight excluding hydrogens is 426 g/mol. The Bertz CT molecular complexity index is 928. The summed E-state index contributed by atoms with van der Waals surface area (Å²) in [5.74, 6) is -3.15. The van der Waals surface area contributed by atoms with Crippen molar-refractivity contribution in [3.63, 3.8) is 0 Å². The number of rotatable bonds is 9. The van der Waals surface area contributed by atoms with E-state index in [1.165, 1.54) is 4.90 Å². The molecule has 0 aliphatic carbocycles. The zero-order chi connectivity index (χ0) is 22.3. The SMILES string of the molecule is CC(=Cc1ccccc1)C=C1SC(=S)N(CCC(=O)NC(CC(N)=O)C(=O)O)C1=O. The molecule has 1 aliphatic heterocycles. The first kappa shape index (κ1) is 23.3. The molecule has 1 atom stereocenters. The Morgan fingerprint density at radius 3 is 2.57 bits per heavy atom. The molecule has 1 aromatic rings. The number of carboxylic acids is 1. The fourth-order valence-electron chi connectivity index (χ4n) is 2.63. The number of carboxylic acid groups (broad SMARTS) is 1. The fraction of sp³-hybridized carbons (Fsp3) is 0.250. The molecule has 8 nitrogen and oxygen atoms in total. The first-order valence-electron chi connectivity index (χ1n) is 8.96. The van der Waals surface area contributed by atoms with E-state index in [1.807, 2.05) is 43.3 Å². The number of nitrogens with zero attached hydrogens (tertiary/aromatic N) is 1. The number of aliphatic carboxylic acids is 1. The highest BCUT2D eigenvalue weighted by molar-refractivity contribution is 8.26. The second-order valence-electron chi connectivity index (χ2n) is 6.51. The molecular formula is C20H21N3O5S2. The highest BCUT2D eigenvalue weighted by atomic mass is 32.2. The zero-order valence-corrected chi connectivity index (χ0v) is 17.8. The molecule has 4 N–H and O–H groups in total. The average Bonchev–Trinajstić information content (AvgIpc) is 2.92. The second kappa shape index (κ2) is 10.7. The molecule has 2 rings (SSSR count). The van der Waals surface area contributed by atoms with Gasteiger partial charge >= 0.3 is 5.97 Å². The molecule has 0 saturated carbocycles. The van der Waals surface area contributed by atoms with Crippen LogP contribution in [-0.2, 0) is 19.2 Å². The minimum absolute atomic E-state index is 0.00179. The van der Waals surface area contributed by atoms with Gasteiger partial charge in [-0.1, -0.05) is 60.4 Å². The molecule has 158 valence electrons. The van der Waals surface area contributed by atoms with Crippen LogP contribution in [0, 0.1) is 0 Å². The minimum Gasteiger partial charge on any atom is -0.480 e. The lowest BCUT2D eigenvalue weighted by Crippen LogP contribution is -2.44. The molecule has 0 spiro atoms. The summed E-state index contributed by atoms with van der Waals surface area (Å²) in [6.45, 7) is 1.87. The number of hydrogen-bond acceptors (Lipinski definition) is 6. The van der Waals surface area contributed by atoms with Gasteiger partial charge in [-0.3, -0.25) is 19.3 Å². The van der Waals surface area contributed by atoms with E-state index in [4.69, 9.17) is 23.1 Å². The zero-order valence-electron chi connectivity index (χ0n) is 16.2. The normalized spacial score (nSPS) is 16.6. The highest BCUT2D eigenvalue weighted by Gasteiger charge is 2.32. The number of benzene rings is 1. The lowest BCUT2D eigenvalue weighted by molar-refractivity contribution is -0.143. The Morgan fingerprint density at radius 2 is 1.97 bits per heavy atom. The maximum absolute atomic E-state index is 12.6. The molecule has 0 bridgehead atoms. The summed E-state index contributed by atoms with van der Waals surface area (Å²) < 4.78 is 0.318. The minimum atomic E-state index is -1.41. The van der Waals surface area contributed by atoms with Crippen LogP contribution in [0.1, 0.15) is 25.3 Å². The molecule has 1 unspecified atom stereocenters. The van der Waals surface area contributed by atoms with Gasteiger partial charge in [0.05, 0.1) is 11.3 Å². The Kier molecular flexibility index (Phi) is 8.31. The number of primary amides is 1. The van der Waals surface area contributed by atoms with Crippen molar-refractivity contribution in [1.82, 2.24) is 10.2 Å². The van der Waals surface area contributed by atoms with Crippen molar-refractivity contribution < 1.29 is 24.3 Å². The molecule has 1 fully saturated rings. The van der Waals surface area contributed by atoms with Gasteiger partial charge < -0.3 is 16.2 Å². The summed E-state index contributed by atoms with van der Waals surface area (Å²) in [5, 5.41) is 11.3. The summed E-state index contributed by atoms with van der Waals surface area (Å²) in [6.07, 6.45) is 2.99. The molecule has 1 saturated heterocycles. The van der Waals surface area contributed by atoms with Crippen LogP contribution in [0.5, 0.6) is 0 Å². The Hall–Kier alpha value is -2.98. The Balaban J connectivity index is 1.98. The maximum Gasteiger partial charge on any atom is 0.326 e. The first-order valence-corrected chi connectivity index (χ1v) is 10.2. The number of allylic oxidation sites excluding steroid dienone is 2. The van der Waals surface area contributed by atoms with Crippen molar-refractivity contribution >= 4 is 58.1 Å². The van der Waals surface area contributed by atoms with Gasteiger partial charge in [-0.2, -0.15) is 0 Å². The number of amides is 3. The van der Waals surface area contributed by atoms with Gasteiger partial charge in [0.2, 0.25) is 11.8 Å². The van der Waals surface area contributed by atoms with Crippen LogP contribution >= 0.6 is 24.0 Å². The van der Waals surface area contributed by atoms with E-state index in [0.717, 1.165) is 22.9 Å². The number of hydrogen-bond donors (Lipinski definition) is 3. The first-order chi connectivity index (χ1) is 14.2. The molecule has 3 amide bonds. The van der Waals surface area contributed by atoms with Gasteiger partial charge in [-0.15, -0.1) is 0 Å². The third kappa shape index (κ3) is 6.82. The van der Waals surface area contributed by atoms with Crippen LogP contribution in [0.25, 0.3) is 6.08 Å².